The molecule has 1 aliphatic rings. The summed E-state index contributed by atoms with van der Waals surface area (Å²) < 4.78 is 0. The second-order valence-corrected chi connectivity index (χ2v) is 2.78. The molecule has 3 heteroatoms. The molecule has 0 atom stereocenters. The van der Waals surface area contributed by atoms with Crippen LogP contribution < -0.4 is 0 Å². The van der Waals surface area contributed by atoms with E-state index >= 15 is 0 Å². The van der Waals surface area contributed by atoms with E-state index in [9.17, 15) is 0 Å². The highest BCUT2D eigenvalue weighted by Crippen LogP contribution is 2.31. The van der Waals surface area contributed by atoms with Crippen molar-refractivity contribution in [2.75, 3.05) is 0 Å². The minimum absolute atomic E-state index is 0.615. The minimum atomic E-state index is 0.615. The van der Waals surface area contributed by atoms with Gasteiger partial charge in [0.25, 0.3) is 0 Å². The summed E-state index contributed by atoms with van der Waals surface area (Å²) in [5, 5.41) is 16.6. The molecule has 0 amide bonds. The van der Waals surface area contributed by atoms with Crippen LogP contribution in [0, 0.1) is 18.3 Å². The molecule has 0 saturated heterocycles. The second kappa shape index (κ2) is 2.42. The molecule has 12 heavy (non-hydrogen) atoms. The molecule has 0 radical (unpaired) electrons. The summed E-state index contributed by atoms with van der Waals surface area (Å²) >= 11 is 0. The molecule has 1 aromatic carbocycles. The highest BCUT2D eigenvalue weighted by Gasteiger charge is 2.13. The molecule has 1 aromatic rings. The van der Waals surface area contributed by atoms with Gasteiger partial charge in [0.05, 0.1) is 12.1 Å². The Morgan fingerprint density at radius 1 is 1.50 bits per heavy atom. The summed E-state index contributed by atoms with van der Waals surface area (Å²) in [5.74, 6) is 0. The maximum Gasteiger partial charge on any atom is 0.108 e. The average Bonchev–Trinajstić information content (AvgIpc) is 2.52. The van der Waals surface area contributed by atoms with Crippen molar-refractivity contribution < 1.29 is 0 Å². The van der Waals surface area contributed by atoms with Crippen LogP contribution in [-0.2, 0) is 6.54 Å². The van der Waals surface area contributed by atoms with E-state index in [1.54, 1.807) is 0 Å². The highest BCUT2D eigenvalue weighted by atomic mass is 15.1. The Balaban J connectivity index is 2.74. The molecule has 1 aliphatic heterocycles. The summed E-state index contributed by atoms with van der Waals surface area (Å²) in [6, 6.07) is 6.06. The number of hydrogen-bond donors (Lipinski definition) is 0. The molecule has 0 N–H and O–H groups in total. The van der Waals surface area contributed by atoms with Crippen LogP contribution in [0.3, 0.4) is 0 Å². The molecule has 0 aliphatic carbocycles. The third-order valence-corrected chi connectivity index (χ3v) is 1.99. The van der Waals surface area contributed by atoms with E-state index in [-0.39, 0.29) is 0 Å². The summed E-state index contributed by atoms with van der Waals surface area (Å²) in [6.45, 7) is 2.52. The zero-order chi connectivity index (χ0) is 8.55. The third-order valence-electron chi connectivity index (χ3n) is 1.99. The maximum absolute atomic E-state index is 8.83. The van der Waals surface area contributed by atoms with Crippen molar-refractivity contribution in [3.63, 3.8) is 0 Å². The van der Waals surface area contributed by atoms with E-state index in [1.807, 2.05) is 19.1 Å². The molecule has 2 rings (SSSR count). The van der Waals surface area contributed by atoms with Crippen LogP contribution in [0.5, 0.6) is 0 Å². The van der Waals surface area contributed by atoms with Crippen molar-refractivity contribution in [1.82, 2.24) is 0 Å². The van der Waals surface area contributed by atoms with Crippen LogP contribution >= 0.6 is 0 Å². The van der Waals surface area contributed by atoms with Gasteiger partial charge in [-0.05, 0) is 12.5 Å². The van der Waals surface area contributed by atoms with Gasteiger partial charge in [-0.3, -0.25) is 0 Å². The van der Waals surface area contributed by atoms with Crippen molar-refractivity contribution >= 4 is 5.69 Å². The van der Waals surface area contributed by atoms with Gasteiger partial charge < -0.3 is 0 Å². The Kier molecular flexibility index (Phi) is 1.41. The molecule has 0 spiro atoms. The summed E-state index contributed by atoms with van der Waals surface area (Å²) in [6.07, 6.45) is 0. The molecule has 3 nitrogen and oxygen atoms in total. The van der Waals surface area contributed by atoms with Crippen LogP contribution in [0.25, 0.3) is 0 Å². The zero-order valence-electron chi connectivity index (χ0n) is 6.70. The Morgan fingerprint density at radius 3 is 3.08 bits per heavy atom. The standard InChI is InChI=1S/C9H7N3/c1-6-2-3-7-5-11-12-9(7)8(6)4-10/h2-3H,5H2,1H3. The molecule has 58 valence electrons. The number of benzene rings is 1. The summed E-state index contributed by atoms with van der Waals surface area (Å²) in [4.78, 5) is 0. The predicted octanol–water partition coefficient (Wildman–Crippen LogP) is 2.46. The van der Waals surface area contributed by atoms with Gasteiger partial charge >= 0.3 is 0 Å². The lowest BCUT2D eigenvalue weighted by atomic mass is 10.0. The van der Waals surface area contributed by atoms with Gasteiger partial charge in [0.15, 0.2) is 0 Å². The lowest BCUT2D eigenvalue weighted by Gasteiger charge is -2.00. The second-order valence-electron chi connectivity index (χ2n) is 2.78. The van der Waals surface area contributed by atoms with E-state index in [4.69, 9.17) is 5.26 Å². The number of rotatable bonds is 0. The Morgan fingerprint density at radius 2 is 2.33 bits per heavy atom. The van der Waals surface area contributed by atoms with Crippen molar-refractivity contribution in [3.8, 4) is 6.07 Å². The maximum atomic E-state index is 8.83. The highest BCUT2D eigenvalue weighted by molar-refractivity contribution is 5.62. The molecule has 0 bridgehead atoms. The molecule has 1 heterocycles. The van der Waals surface area contributed by atoms with E-state index in [0.717, 1.165) is 16.8 Å². The molecule has 0 saturated carbocycles. The summed E-state index contributed by atoms with van der Waals surface area (Å²) in [5.41, 5.74) is 3.44. The van der Waals surface area contributed by atoms with Crippen LogP contribution in [0.15, 0.2) is 22.4 Å². The van der Waals surface area contributed by atoms with E-state index in [2.05, 4.69) is 16.3 Å². The van der Waals surface area contributed by atoms with E-state index in [0.29, 0.717) is 12.1 Å². The SMILES string of the molecule is Cc1ccc2c(c1C#N)N=NC2. The van der Waals surface area contributed by atoms with Crippen LogP contribution in [-0.4, -0.2) is 0 Å². The van der Waals surface area contributed by atoms with Crippen molar-refractivity contribution in [2.45, 2.75) is 13.5 Å². The molecule has 0 fully saturated rings. The number of fused-ring (bicyclic) bond motifs is 1. The van der Waals surface area contributed by atoms with Gasteiger partial charge in [0.1, 0.15) is 11.8 Å². The first-order chi connectivity index (χ1) is 5.83. The minimum Gasteiger partial charge on any atom is -0.192 e. The van der Waals surface area contributed by atoms with Gasteiger partial charge in [0, 0.05) is 5.56 Å². The van der Waals surface area contributed by atoms with Gasteiger partial charge in [-0.1, -0.05) is 12.1 Å². The van der Waals surface area contributed by atoms with Crippen molar-refractivity contribution in [2.24, 2.45) is 10.2 Å². The first kappa shape index (κ1) is 6.99. The van der Waals surface area contributed by atoms with E-state index < -0.39 is 0 Å². The van der Waals surface area contributed by atoms with Crippen molar-refractivity contribution in [1.29, 1.82) is 5.26 Å². The lowest BCUT2D eigenvalue weighted by molar-refractivity contribution is 1.04. The van der Waals surface area contributed by atoms with Crippen LogP contribution in [0.2, 0.25) is 0 Å². The Bertz CT molecular complexity index is 399. The van der Waals surface area contributed by atoms with Crippen LogP contribution in [0.1, 0.15) is 16.7 Å². The first-order valence-electron chi connectivity index (χ1n) is 3.73. The van der Waals surface area contributed by atoms with Gasteiger partial charge in [-0.15, -0.1) is 0 Å². The van der Waals surface area contributed by atoms with Gasteiger partial charge in [-0.25, -0.2) is 0 Å². The lowest BCUT2D eigenvalue weighted by Crippen LogP contribution is -1.85. The normalized spacial score (nSPS) is 12.7. The average molecular weight is 157 g/mol. The smallest absolute Gasteiger partial charge is 0.108 e. The van der Waals surface area contributed by atoms with Gasteiger partial charge in [0.2, 0.25) is 0 Å². The fourth-order valence-electron chi connectivity index (χ4n) is 1.30. The number of aryl methyl sites for hydroxylation is 1. The molecular weight excluding hydrogens is 150 g/mol. The monoisotopic (exact) mass is 157 g/mol. The molecule has 0 aromatic heterocycles. The third kappa shape index (κ3) is 0.817. The molecular formula is C9H7N3. The number of azo groups is 1. The largest absolute Gasteiger partial charge is 0.192 e. The van der Waals surface area contributed by atoms with E-state index in [1.165, 1.54) is 0 Å². The number of nitrogens with zero attached hydrogens (tertiary/aromatic N) is 3. The Hall–Kier alpha value is -1.69. The molecule has 0 unspecified atom stereocenters. The fourth-order valence-corrected chi connectivity index (χ4v) is 1.30. The summed E-state index contributed by atoms with van der Waals surface area (Å²) in [7, 11) is 0. The Labute approximate surface area is 70.4 Å². The van der Waals surface area contributed by atoms with Gasteiger partial charge in [-0.2, -0.15) is 15.5 Å². The van der Waals surface area contributed by atoms with Crippen molar-refractivity contribution in [3.05, 3.63) is 28.8 Å². The van der Waals surface area contributed by atoms with Crippen LogP contribution in [0.4, 0.5) is 5.69 Å². The predicted molar refractivity (Wildman–Crippen MR) is 44.1 cm³/mol. The number of hydrogen-bond acceptors (Lipinski definition) is 3. The number of nitriles is 1. The zero-order valence-corrected chi connectivity index (χ0v) is 6.70. The topological polar surface area (TPSA) is 48.5 Å². The first-order valence-corrected chi connectivity index (χ1v) is 3.73. The quantitative estimate of drug-likeness (QED) is 0.570. The fraction of sp³-hybridized carbons (Fsp3) is 0.222.